The summed E-state index contributed by atoms with van der Waals surface area (Å²) < 4.78 is 10.7. The average molecular weight is 293 g/mol. The summed E-state index contributed by atoms with van der Waals surface area (Å²) >= 11 is 1.55. The van der Waals surface area contributed by atoms with Gasteiger partial charge in [-0.3, -0.25) is 0 Å². The average Bonchev–Trinajstić information content (AvgIpc) is 2.89. The predicted molar refractivity (Wildman–Crippen MR) is 79.2 cm³/mol. The minimum atomic E-state index is 0.215. The molecule has 0 saturated heterocycles. The summed E-state index contributed by atoms with van der Waals surface area (Å²) in [5.41, 5.74) is 1.19. The van der Waals surface area contributed by atoms with Crippen molar-refractivity contribution >= 4 is 11.8 Å². The van der Waals surface area contributed by atoms with E-state index in [2.05, 4.69) is 28.5 Å². The van der Waals surface area contributed by atoms with Gasteiger partial charge >= 0.3 is 0 Å². The molecule has 5 nitrogen and oxygen atoms in total. The third-order valence-corrected chi connectivity index (χ3v) is 3.74. The quantitative estimate of drug-likeness (QED) is 0.792. The molecule has 1 aromatic heterocycles. The van der Waals surface area contributed by atoms with Crippen LogP contribution in [0.1, 0.15) is 24.4 Å². The predicted octanol–water partition coefficient (Wildman–Crippen LogP) is 2.83. The molecule has 2 aromatic rings. The molecule has 2 rings (SSSR count). The molecule has 0 radical (unpaired) electrons. The van der Waals surface area contributed by atoms with Crippen molar-refractivity contribution < 1.29 is 9.15 Å². The third kappa shape index (κ3) is 3.98. The smallest absolute Gasteiger partial charge is 0.276 e. The van der Waals surface area contributed by atoms with E-state index in [4.69, 9.17) is 9.15 Å². The molecule has 0 aliphatic carbocycles. The zero-order chi connectivity index (χ0) is 14.4. The van der Waals surface area contributed by atoms with Gasteiger partial charge in [-0.15, -0.1) is 10.2 Å². The van der Waals surface area contributed by atoms with Gasteiger partial charge in [0.15, 0.2) is 0 Å². The van der Waals surface area contributed by atoms with Gasteiger partial charge in [-0.05, 0) is 24.2 Å². The second kappa shape index (κ2) is 7.31. The van der Waals surface area contributed by atoms with Gasteiger partial charge in [0, 0.05) is 18.7 Å². The van der Waals surface area contributed by atoms with E-state index >= 15 is 0 Å². The molecule has 0 spiro atoms. The minimum Gasteiger partial charge on any atom is -0.497 e. The van der Waals surface area contributed by atoms with Gasteiger partial charge in [-0.2, -0.15) is 0 Å². The van der Waals surface area contributed by atoms with Crippen LogP contribution >= 0.6 is 11.8 Å². The molecule has 0 fully saturated rings. The van der Waals surface area contributed by atoms with Crippen LogP contribution in [0.5, 0.6) is 5.75 Å². The number of ether oxygens (including phenoxy) is 1. The second-order valence-electron chi connectivity index (χ2n) is 4.28. The van der Waals surface area contributed by atoms with Crippen LogP contribution in [0.2, 0.25) is 0 Å². The Hall–Kier alpha value is -1.53. The van der Waals surface area contributed by atoms with Crippen molar-refractivity contribution in [2.24, 2.45) is 0 Å². The maximum absolute atomic E-state index is 5.38. The van der Waals surface area contributed by atoms with Crippen LogP contribution in [0.25, 0.3) is 0 Å². The molecule has 1 aromatic carbocycles. The molecule has 0 bridgehead atoms. The highest BCUT2D eigenvalue weighted by molar-refractivity contribution is 7.99. The zero-order valence-electron chi connectivity index (χ0n) is 11.9. The molecule has 1 heterocycles. The summed E-state index contributed by atoms with van der Waals surface area (Å²) in [6, 6.07) is 8.30. The van der Waals surface area contributed by atoms with Crippen LogP contribution in [0, 0.1) is 6.92 Å². The van der Waals surface area contributed by atoms with Crippen molar-refractivity contribution in [2.75, 3.05) is 19.4 Å². The van der Waals surface area contributed by atoms with Crippen LogP contribution in [0.4, 0.5) is 0 Å². The molecular weight excluding hydrogens is 274 g/mol. The third-order valence-electron chi connectivity index (χ3n) is 2.83. The van der Waals surface area contributed by atoms with Gasteiger partial charge < -0.3 is 14.5 Å². The fourth-order valence-corrected chi connectivity index (χ4v) is 2.77. The molecular formula is C14H19N3O2S. The first kappa shape index (κ1) is 14.9. The number of aromatic nitrogens is 2. The standard InChI is InChI=1S/C14H19N3O2S/c1-4-15-13(9-20-14-17-16-10(2)19-14)11-6-5-7-12(8-11)18-3/h5-8,13,15H,4,9H2,1-3H3. The lowest BCUT2D eigenvalue weighted by molar-refractivity contribution is 0.413. The molecule has 0 aliphatic heterocycles. The van der Waals surface area contributed by atoms with E-state index in [-0.39, 0.29) is 6.04 Å². The number of benzene rings is 1. The Morgan fingerprint density at radius 3 is 2.90 bits per heavy atom. The largest absolute Gasteiger partial charge is 0.497 e. The number of rotatable bonds is 7. The Bertz CT molecular complexity index is 545. The maximum Gasteiger partial charge on any atom is 0.276 e. The number of nitrogens with one attached hydrogen (secondary N) is 1. The Morgan fingerprint density at radius 1 is 1.40 bits per heavy atom. The van der Waals surface area contributed by atoms with Gasteiger partial charge in [0.2, 0.25) is 5.89 Å². The van der Waals surface area contributed by atoms with Gasteiger partial charge in [-0.1, -0.05) is 30.8 Å². The van der Waals surface area contributed by atoms with E-state index in [1.807, 2.05) is 18.2 Å². The number of hydrogen-bond donors (Lipinski definition) is 1. The number of nitrogens with zero attached hydrogens (tertiary/aromatic N) is 2. The van der Waals surface area contributed by atoms with E-state index in [0.29, 0.717) is 11.1 Å². The van der Waals surface area contributed by atoms with E-state index in [1.165, 1.54) is 5.56 Å². The molecule has 0 amide bonds. The van der Waals surface area contributed by atoms with Crippen LogP contribution in [0.3, 0.4) is 0 Å². The number of methoxy groups -OCH3 is 1. The molecule has 1 N–H and O–H groups in total. The maximum atomic E-state index is 5.38. The molecule has 1 unspecified atom stereocenters. The Labute approximate surface area is 123 Å². The zero-order valence-corrected chi connectivity index (χ0v) is 12.7. The van der Waals surface area contributed by atoms with Crippen molar-refractivity contribution in [3.05, 3.63) is 35.7 Å². The van der Waals surface area contributed by atoms with Crippen molar-refractivity contribution in [1.29, 1.82) is 0 Å². The lowest BCUT2D eigenvalue weighted by Crippen LogP contribution is -2.23. The SMILES string of the molecule is CCNC(CSc1nnc(C)o1)c1cccc(OC)c1. The van der Waals surface area contributed by atoms with Crippen LogP contribution in [-0.4, -0.2) is 29.6 Å². The van der Waals surface area contributed by atoms with Gasteiger partial charge in [-0.25, -0.2) is 0 Å². The summed E-state index contributed by atoms with van der Waals surface area (Å²) in [5.74, 6) is 2.28. The van der Waals surface area contributed by atoms with Gasteiger partial charge in [0.1, 0.15) is 5.75 Å². The van der Waals surface area contributed by atoms with Crippen LogP contribution in [-0.2, 0) is 0 Å². The Kier molecular flexibility index (Phi) is 5.43. The topological polar surface area (TPSA) is 60.2 Å². The summed E-state index contributed by atoms with van der Waals surface area (Å²) in [4.78, 5) is 0. The molecule has 1 atom stereocenters. The van der Waals surface area contributed by atoms with E-state index in [9.17, 15) is 0 Å². The lowest BCUT2D eigenvalue weighted by atomic mass is 10.1. The van der Waals surface area contributed by atoms with E-state index in [0.717, 1.165) is 18.0 Å². The normalized spacial score (nSPS) is 12.3. The molecule has 6 heteroatoms. The van der Waals surface area contributed by atoms with E-state index < -0.39 is 0 Å². The fraction of sp³-hybridized carbons (Fsp3) is 0.429. The molecule has 108 valence electrons. The summed E-state index contributed by atoms with van der Waals surface area (Å²) in [6.45, 7) is 4.78. The second-order valence-corrected chi connectivity index (χ2v) is 5.26. The van der Waals surface area contributed by atoms with Gasteiger partial charge in [0.25, 0.3) is 5.22 Å². The minimum absolute atomic E-state index is 0.215. The summed E-state index contributed by atoms with van der Waals surface area (Å²) in [7, 11) is 1.68. The highest BCUT2D eigenvalue weighted by Gasteiger charge is 2.13. The number of thioether (sulfide) groups is 1. The fourth-order valence-electron chi connectivity index (χ4n) is 1.87. The van der Waals surface area contributed by atoms with E-state index in [1.54, 1.807) is 25.8 Å². The first-order valence-electron chi connectivity index (χ1n) is 6.53. The highest BCUT2D eigenvalue weighted by atomic mass is 32.2. The first-order valence-corrected chi connectivity index (χ1v) is 7.51. The highest BCUT2D eigenvalue weighted by Crippen LogP contribution is 2.25. The van der Waals surface area contributed by atoms with Gasteiger partial charge in [0.05, 0.1) is 7.11 Å². The van der Waals surface area contributed by atoms with Crippen LogP contribution < -0.4 is 10.1 Å². The number of hydrogen-bond acceptors (Lipinski definition) is 6. The summed E-state index contributed by atoms with van der Waals surface area (Å²) in [5, 5.41) is 11.9. The Balaban J connectivity index is 2.05. The van der Waals surface area contributed by atoms with Crippen molar-refractivity contribution in [3.8, 4) is 5.75 Å². The summed E-state index contributed by atoms with van der Waals surface area (Å²) in [6.07, 6.45) is 0. The molecule has 20 heavy (non-hydrogen) atoms. The lowest BCUT2D eigenvalue weighted by Gasteiger charge is -2.17. The number of aryl methyl sites for hydroxylation is 1. The first-order chi connectivity index (χ1) is 9.72. The Morgan fingerprint density at radius 2 is 2.25 bits per heavy atom. The monoisotopic (exact) mass is 293 g/mol. The van der Waals surface area contributed by atoms with Crippen molar-refractivity contribution in [2.45, 2.75) is 25.1 Å². The molecule has 0 aliphatic rings. The van der Waals surface area contributed by atoms with Crippen molar-refractivity contribution in [1.82, 2.24) is 15.5 Å². The van der Waals surface area contributed by atoms with Crippen molar-refractivity contribution in [3.63, 3.8) is 0 Å². The molecule has 0 saturated carbocycles. The van der Waals surface area contributed by atoms with Crippen LogP contribution in [0.15, 0.2) is 33.9 Å².